The number of nitrogens with one attached hydrogen (secondary N) is 1. The number of ketones is 1. The van der Waals surface area contributed by atoms with Crippen molar-refractivity contribution in [2.24, 2.45) is 0 Å². The molecule has 1 saturated heterocycles. The molecule has 5 heteroatoms. The normalized spacial score (nSPS) is 25.8. The van der Waals surface area contributed by atoms with E-state index in [1.807, 2.05) is 45.0 Å². The van der Waals surface area contributed by atoms with E-state index in [-0.39, 0.29) is 17.8 Å². The average molecular weight is 440 g/mol. The first-order valence-electron chi connectivity index (χ1n) is 11.1. The van der Waals surface area contributed by atoms with E-state index in [1.165, 1.54) is 0 Å². The summed E-state index contributed by atoms with van der Waals surface area (Å²) in [7, 11) is 0. The molecule has 31 heavy (non-hydrogen) atoms. The van der Waals surface area contributed by atoms with E-state index in [9.17, 15) is 9.59 Å². The maximum Gasteiger partial charge on any atom is 0.235 e. The standard InChI is InChI=1S/C26H30ClNO3/c1-5-31-20-10-12-26(13-11-20)24(29)23(25(30)28-26)22-16(3)14-15(2)21(17(22)4)18-6-8-19(27)9-7-18/h6-9,14,20,23H,5,10-13H2,1-4H3,(H,28,30). The second-order valence-electron chi connectivity index (χ2n) is 8.95. The van der Waals surface area contributed by atoms with Gasteiger partial charge in [-0.05, 0) is 98.9 Å². The number of amides is 1. The van der Waals surface area contributed by atoms with E-state index in [2.05, 4.69) is 18.3 Å². The smallest absolute Gasteiger partial charge is 0.235 e. The first-order valence-corrected chi connectivity index (χ1v) is 11.5. The average Bonchev–Trinajstić information content (AvgIpc) is 2.95. The largest absolute Gasteiger partial charge is 0.379 e. The van der Waals surface area contributed by atoms with Crippen LogP contribution in [0.15, 0.2) is 30.3 Å². The lowest BCUT2D eigenvalue weighted by molar-refractivity contribution is -0.126. The summed E-state index contributed by atoms with van der Waals surface area (Å²) < 4.78 is 5.75. The van der Waals surface area contributed by atoms with Gasteiger partial charge in [-0.2, -0.15) is 0 Å². The van der Waals surface area contributed by atoms with Crippen LogP contribution in [0.3, 0.4) is 0 Å². The highest BCUT2D eigenvalue weighted by Crippen LogP contribution is 2.43. The van der Waals surface area contributed by atoms with Crippen LogP contribution in [-0.2, 0) is 14.3 Å². The van der Waals surface area contributed by atoms with E-state index >= 15 is 0 Å². The number of carbonyl (C=O) groups excluding carboxylic acids is 2. The third-order valence-electron chi connectivity index (χ3n) is 7.00. The lowest BCUT2D eigenvalue weighted by atomic mass is 9.74. The first-order chi connectivity index (χ1) is 14.8. The molecule has 1 N–H and O–H groups in total. The molecule has 1 heterocycles. The first kappa shape index (κ1) is 22.0. The molecule has 164 valence electrons. The van der Waals surface area contributed by atoms with Gasteiger partial charge in [-0.3, -0.25) is 9.59 Å². The predicted octanol–water partition coefficient (Wildman–Crippen LogP) is 5.43. The fourth-order valence-electron chi connectivity index (χ4n) is 5.59. The lowest BCUT2D eigenvalue weighted by Crippen LogP contribution is -2.50. The quantitative estimate of drug-likeness (QED) is 0.646. The number of ether oxygens (including phenoxy) is 1. The predicted molar refractivity (Wildman–Crippen MR) is 124 cm³/mol. The van der Waals surface area contributed by atoms with E-state index < -0.39 is 11.5 Å². The number of carbonyl (C=O) groups is 2. The van der Waals surface area contributed by atoms with Crippen molar-refractivity contribution in [2.75, 3.05) is 6.61 Å². The van der Waals surface area contributed by atoms with Gasteiger partial charge in [0.25, 0.3) is 0 Å². The van der Waals surface area contributed by atoms with Gasteiger partial charge in [-0.25, -0.2) is 0 Å². The van der Waals surface area contributed by atoms with Crippen LogP contribution in [0, 0.1) is 20.8 Å². The van der Waals surface area contributed by atoms with Crippen molar-refractivity contribution in [3.63, 3.8) is 0 Å². The fourth-order valence-corrected chi connectivity index (χ4v) is 5.72. The van der Waals surface area contributed by atoms with Gasteiger partial charge in [0.1, 0.15) is 5.92 Å². The molecule has 1 amide bonds. The molecule has 2 aliphatic rings. The highest BCUT2D eigenvalue weighted by molar-refractivity contribution is 6.30. The Labute approximate surface area is 189 Å². The minimum absolute atomic E-state index is 0.0181. The molecule has 0 aromatic heterocycles. The van der Waals surface area contributed by atoms with Crippen molar-refractivity contribution in [2.45, 2.75) is 70.9 Å². The Balaban J connectivity index is 1.73. The lowest BCUT2D eigenvalue weighted by Gasteiger charge is -2.35. The number of rotatable bonds is 4. The van der Waals surface area contributed by atoms with Crippen molar-refractivity contribution in [1.82, 2.24) is 5.32 Å². The zero-order valence-electron chi connectivity index (χ0n) is 18.7. The molecule has 2 aromatic carbocycles. The van der Waals surface area contributed by atoms with Gasteiger partial charge < -0.3 is 10.1 Å². The number of halogens is 1. The second-order valence-corrected chi connectivity index (χ2v) is 9.39. The van der Waals surface area contributed by atoms with Gasteiger partial charge in [0.15, 0.2) is 5.78 Å². The molecule has 0 radical (unpaired) electrons. The van der Waals surface area contributed by atoms with Crippen LogP contribution in [0.5, 0.6) is 0 Å². The Morgan fingerprint density at radius 2 is 1.71 bits per heavy atom. The molecule has 1 atom stereocenters. The van der Waals surface area contributed by atoms with Gasteiger partial charge in [0, 0.05) is 11.6 Å². The van der Waals surface area contributed by atoms with E-state index in [4.69, 9.17) is 16.3 Å². The van der Waals surface area contributed by atoms with Gasteiger partial charge >= 0.3 is 0 Å². The van der Waals surface area contributed by atoms with Crippen LogP contribution in [0.4, 0.5) is 0 Å². The van der Waals surface area contributed by atoms with Gasteiger partial charge in [0.2, 0.25) is 5.91 Å². The van der Waals surface area contributed by atoms with Crippen molar-refractivity contribution >= 4 is 23.3 Å². The highest BCUT2D eigenvalue weighted by atomic mass is 35.5. The third kappa shape index (κ3) is 3.81. The Hall–Kier alpha value is -2.17. The summed E-state index contributed by atoms with van der Waals surface area (Å²) in [4.78, 5) is 26.9. The summed E-state index contributed by atoms with van der Waals surface area (Å²) in [6.07, 6.45) is 3.07. The number of benzene rings is 2. The molecule has 1 aliphatic heterocycles. The zero-order valence-corrected chi connectivity index (χ0v) is 19.4. The molecule has 4 rings (SSSR count). The van der Waals surface area contributed by atoms with Gasteiger partial charge in [0.05, 0.1) is 11.6 Å². The van der Waals surface area contributed by atoms with Crippen LogP contribution in [-0.4, -0.2) is 29.9 Å². The summed E-state index contributed by atoms with van der Waals surface area (Å²) >= 11 is 6.08. The molecule has 2 aromatic rings. The summed E-state index contributed by atoms with van der Waals surface area (Å²) in [6.45, 7) is 8.76. The number of Topliss-reactive ketones (excluding diaryl/α,β-unsaturated/α-hetero) is 1. The van der Waals surface area contributed by atoms with Crippen LogP contribution in [0.2, 0.25) is 5.02 Å². The van der Waals surface area contributed by atoms with Crippen LogP contribution >= 0.6 is 11.6 Å². The van der Waals surface area contributed by atoms with E-state index in [0.29, 0.717) is 24.5 Å². The van der Waals surface area contributed by atoms with Crippen molar-refractivity contribution in [3.8, 4) is 11.1 Å². The third-order valence-corrected chi connectivity index (χ3v) is 7.25. The van der Waals surface area contributed by atoms with Crippen molar-refractivity contribution in [3.05, 3.63) is 57.6 Å². The fraction of sp³-hybridized carbons (Fsp3) is 0.462. The van der Waals surface area contributed by atoms with Crippen molar-refractivity contribution < 1.29 is 14.3 Å². The SMILES string of the molecule is CCOC1CCC2(CC1)NC(=O)C(c1c(C)cc(C)c(-c3ccc(Cl)cc3)c1C)C2=O. The summed E-state index contributed by atoms with van der Waals surface area (Å²) in [5, 5.41) is 3.79. The Morgan fingerprint density at radius 3 is 2.32 bits per heavy atom. The topological polar surface area (TPSA) is 55.4 Å². The maximum atomic E-state index is 13.7. The Kier molecular flexibility index (Phi) is 5.97. The van der Waals surface area contributed by atoms with Crippen molar-refractivity contribution in [1.29, 1.82) is 0 Å². The van der Waals surface area contributed by atoms with Crippen LogP contribution in [0.1, 0.15) is 60.8 Å². The molecule has 2 fully saturated rings. The Morgan fingerprint density at radius 1 is 1.06 bits per heavy atom. The number of hydrogen-bond donors (Lipinski definition) is 1. The maximum absolute atomic E-state index is 13.7. The number of hydrogen-bond acceptors (Lipinski definition) is 3. The Bertz CT molecular complexity index is 1020. The molecule has 1 saturated carbocycles. The summed E-state index contributed by atoms with van der Waals surface area (Å²) in [6, 6.07) is 9.81. The van der Waals surface area contributed by atoms with Gasteiger partial charge in [-0.15, -0.1) is 0 Å². The van der Waals surface area contributed by atoms with Crippen LogP contribution in [0.25, 0.3) is 11.1 Å². The van der Waals surface area contributed by atoms with E-state index in [1.54, 1.807) is 0 Å². The molecule has 1 aliphatic carbocycles. The molecule has 4 nitrogen and oxygen atoms in total. The summed E-state index contributed by atoms with van der Waals surface area (Å²) in [5.74, 6) is -0.906. The molecular formula is C26H30ClNO3. The van der Waals surface area contributed by atoms with Crippen LogP contribution < -0.4 is 5.32 Å². The van der Waals surface area contributed by atoms with E-state index in [0.717, 1.165) is 46.2 Å². The zero-order chi connectivity index (χ0) is 22.3. The second kappa shape index (κ2) is 8.40. The highest BCUT2D eigenvalue weighted by Gasteiger charge is 2.54. The minimum Gasteiger partial charge on any atom is -0.379 e. The minimum atomic E-state index is -0.754. The molecule has 1 unspecified atom stereocenters. The van der Waals surface area contributed by atoms with Gasteiger partial charge in [-0.1, -0.05) is 29.8 Å². The molecular weight excluding hydrogens is 410 g/mol. The molecule has 1 spiro atoms. The monoisotopic (exact) mass is 439 g/mol. The molecule has 0 bridgehead atoms. The number of aryl methyl sites for hydroxylation is 2. The summed E-state index contributed by atoms with van der Waals surface area (Å²) in [5.41, 5.74) is 5.31.